The van der Waals surface area contributed by atoms with E-state index in [-0.39, 0.29) is 13.2 Å². The molecule has 6 heteroatoms. The van der Waals surface area contributed by atoms with Gasteiger partial charge >= 0.3 is 13.6 Å². The molecule has 0 saturated carbocycles. The molecule has 0 radical (unpaired) electrons. The first-order chi connectivity index (χ1) is 7.50. The van der Waals surface area contributed by atoms with Crippen LogP contribution in [0.3, 0.4) is 0 Å². The minimum atomic E-state index is -3.34. The standard InChI is InChI=1S/C10H21O5P/c1-5-8-10(15-9(4)11)16(12,13-6-2)14-7-3/h10H,5-8H2,1-4H3/t10-/m1/s1. The topological polar surface area (TPSA) is 61.8 Å². The largest absolute Gasteiger partial charge is 0.450 e. The van der Waals surface area contributed by atoms with E-state index in [1.165, 1.54) is 6.92 Å². The van der Waals surface area contributed by atoms with Crippen LogP contribution in [0.1, 0.15) is 40.5 Å². The number of hydrogen-bond donors (Lipinski definition) is 0. The first-order valence-corrected chi connectivity index (χ1v) is 7.17. The van der Waals surface area contributed by atoms with Crippen LogP contribution in [-0.4, -0.2) is 25.0 Å². The number of hydrogen-bond acceptors (Lipinski definition) is 5. The Bertz CT molecular complexity index is 244. The molecule has 5 nitrogen and oxygen atoms in total. The monoisotopic (exact) mass is 252 g/mol. The zero-order valence-corrected chi connectivity index (χ0v) is 11.3. The molecule has 0 aromatic carbocycles. The molecule has 0 amide bonds. The van der Waals surface area contributed by atoms with Crippen molar-refractivity contribution in [2.24, 2.45) is 0 Å². The molecular weight excluding hydrogens is 231 g/mol. The van der Waals surface area contributed by atoms with E-state index in [1.807, 2.05) is 6.92 Å². The van der Waals surface area contributed by atoms with Gasteiger partial charge in [0, 0.05) is 6.92 Å². The highest BCUT2D eigenvalue weighted by molar-refractivity contribution is 7.54. The molecule has 0 fully saturated rings. The van der Waals surface area contributed by atoms with E-state index in [0.717, 1.165) is 6.42 Å². The Hall–Kier alpha value is -0.380. The Morgan fingerprint density at radius 2 is 1.69 bits per heavy atom. The summed E-state index contributed by atoms with van der Waals surface area (Å²) < 4.78 is 27.6. The van der Waals surface area contributed by atoms with Crippen molar-refractivity contribution in [3.05, 3.63) is 0 Å². The number of rotatable bonds is 8. The third-order valence-corrected chi connectivity index (χ3v) is 4.11. The maximum atomic E-state index is 12.3. The summed E-state index contributed by atoms with van der Waals surface area (Å²) in [7, 11) is -3.34. The van der Waals surface area contributed by atoms with Gasteiger partial charge in [0.2, 0.25) is 5.85 Å². The van der Waals surface area contributed by atoms with Gasteiger partial charge in [0.25, 0.3) is 0 Å². The molecule has 0 heterocycles. The molecule has 0 aliphatic rings. The van der Waals surface area contributed by atoms with Gasteiger partial charge in [0.1, 0.15) is 0 Å². The van der Waals surface area contributed by atoms with E-state index in [2.05, 4.69) is 0 Å². The first-order valence-electron chi connectivity index (χ1n) is 5.56. The summed E-state index contributed by atoms with van der Waals surface area (Å²) >= 11 is 0. The van der Waals surface area contributed by atoms with Crippen LogP contribution >= 0.6 is 7.60 Å². The van der Waals surface area contributed by atoms with E-state index in [9.17, 15) is 9.36 Å². The predicted octanol–water partition coefficient (Wildman–Crippen LogP) is 2.94. The Balaban J connectivity index is 4.77. The van der Waals surface area contributed by atoms with Crippen LogP contribution in [0.15, 0.2) is 0 Å². The lowest BCUT2D eigenvalue weighted by Crippen LogP contribution is -2.19. The predicted molar refractivity (Wildman–Crippen MR) is 61.3 cm³/mol. The van der Waals surface area contributed by atoms with Crippen molar-refractivity contribution in [2.75, 3.05) is 13.2 Å². The molecule has 1 atom stereocenters. The molecule has 0 bridgehead atoms. The normalized spacial score (nSPS) is 13.5. The number of ether oxygens (including phenoxy) is 1. The van der Waals surface area contributed by atoms with Crippen LogP contribution in [0.4, 0.5) is 0 Å². The molecule has 96 valence electrons. The fourth-order valence-corrected chi connectivity index (χ4v) is 3.26. The summed E-state index contributed by atoms with van der Waals surface area (Å²) in [5.74, 6) is -1.27. The highest BCUT2D eigenvalue weighted by Gasteiger charge is 2.37. The lowest BCUT2D eigenvalue weighted by molar-refractivity contribution is -0.144. The molecule has 0 aromatic rings. The van der Waals surface area contributed by atoms with Crippen molar-refractivity contribution in [3.8, 4) is 0 Å². The van der Waals surface area contributed by atoms with Crippen molar-refractivity contribution in [1.82, 2.24) is 0 Å². The van der Waals surface area contributed by atoms with Gasteiger partial charge in [-0.1, -0.05) is 13.3 Å². The molecule has 0 rings (SSSR count). The minimum absolute atomic E-state index is 0.263. The van der Waals surface area contributed by atoms with Gasteiger partial charge in [0.15, 0.2) is 0 Å². The van der Waals surface area contributed by atoms with E-state index in [0.29, 0.717) is 6.42 Å². The average Bonchev–Trinajstić information content (AvgIpc) is 2.17. The van der Waals surface area contributed by atoms with Crippen LogP contribution in [0.2, 0.25) is 0 Å². The van der Waals surface area contributed by atoms with Crippen molar-refractivity contribution < 1.29 is 23.1 Å². The Morgan fingerprint density at radius 3 is 2.00 bits per heavy atom. The lowest BCUT2D eigenvalue weighted by Gasteiger charge is -2.25. The molecular formula is C10H21O5P. The van der Waals surface area contributed by atoms with Crippen LogP contribution in [0, 0.1) is 0 Å². The van der Waals surface area contributed by atoms with Crippen LogP contribution in [0.25, 0.3) is 0 Å². The van der Waals surface area contributed by atoms with Crippen LogP contribution < -0.4 is 0 Å². The SMILES string of the molecule is CCC[C@H](OC(C)=O)P(=O)(OCC)OCC. The molecule has 0 spiro atoms. The van der Waals surface area contributed by atoms with Crippen LogP contribution in [0.5, 0.6) is 0 Å². The zero-order chi connectivity index (χ0) is 12.6. The molecule has 0 N–H and O–H groups in total. The van der Waals surface area contributed by atoms with Crippen LogP contribution in [-0.2, 0) is 23.1 Å². The third-order valence-electron chi connectivity index (χ3n) is 1.81. The fourth-order valence-electron chi connectivity index (χ4n) is 1.28. The van der Waals surface area contributed by atoms with E-state index in [1.54, 1.807) is 13.8 Å². The zero-order valence-electron chi connectivity index (χ0n) is 10.4. The van der Waals surface area contributed by atoms with Crippen molar-refractivity contribution in [3.63, 3.8) is 0 Å². The second-order valence-electron chi connectivity index (χ2n) is 3.23. The Kier molecular flexibility index (Phi) is 7.64. The van der Waals surface area contributed by atoms with Gasteiger partial charge in [-0.3, -0.25) is 9.36 Å². The maximum absolute atomic E-state index is 12.3. The summed E-state index contributed by atoms with van der Waals surface area (Å²) in [5.41, 5.74) is 0. The summed E-state index contributed by atoms with van der Waals surface area (Å²) in [6, 6.07) is 0. The lowest BCUT2D eigenvalue weighted by atomic mass is 10.4. The Morgan fingerprint density at radius 1 is 1.19 bits per heavy atom. The second kappa shape index (κ2) is 7.82. The highest BCUT2D eigenvalue weighted by atomic mass is 31.2. The van der Waals surface area contributed by atoms with E-state index < -0.39 is 19.4 Å². The molecule has 0 unspecified atom stereocenters. The fraction of sp³-hybridized carbons (Fsp3) is 0.900. The summed E-state index contributed by atoms with van der Waals surface area (Å²) in [4.78, 5) is 10.9. The molecule has 0 saturated heterocycles. The molecule has 0 aliphatic heterocycles. The van der Waals surface area contributed by atoms with Crippen molar-refractivity contribution >= 4 is 13.6 Å². The van der Waals surface area contributed by atoms with Gasteiger partial charge in [-0.25, -0.2) is 0 Å². The smallest absolute Gasteiger partial charge is 0.370 e. The number of carbonyl (C=O) groups excluding carboxylic acids is 1. The van der Waals surface area contributed by atoms with Crippen molar-refractivity contribution in [2.45, 2.75) is 46.4 Å². The molecule has 0 aliphatic carbocycles. The van der Waals surface area contributed by atoms with Gasteiger partial charge < -0.3 is 13.8 Å². The summed E-state index contributed by atoms with van der Waals surface area (Å²) in [6.45, 7) is 7.17. The number of carbonyl (C=O) groups is 1. The second-order valence-corrected chi connectivity index (χ2v) is 5.40. The highest BCUT2D eigenvalue weighted by Crippen LogP contribution is 2.54. The molecule has 16 heavy (non-hydrogen) atoms. The van der Waals surface area contributed by atoms with E-state index in [4.69, 9.17) is 13.8 Å². The minimum Gasteiger partial charge on any atom is -0.450 e. The van der Waals surface area contributed by atoms with E-state index >= 15 is 0 Å². The number of esters is 1. The Labute approximate surface area is 97.0 Å². The third kappa shape index (κ3) is 5.10. The quantitative estimate of drug-likeness (QED) is 0.491. The first kappa shape index (κ1) is 15.6. The molecule has 0 aromatic heterocycles. The van der Waals surface area contributed by atoms with Gasteiger partial charge in [-0.2, -0.15) is 0 Å². The average molecular weight is 252 g/mol. The van der Waals surface area contributed by atoms with Gasteiger partial charge in [-0.15, -0.1) is 0 Å². The summed E-state index contributed by atoms with van der Waals surface area (Å²) in [5, 5.41) is 0. The maximum Gasteiger partial charge on any atom is 0.370 e. The van der Waals surface area contributed by atoms with Gasteiger partial charge in [-0.05, 0) is 20.3 Å². The van der Waals surface area contributed by atoms with Gasteiger partial charge in [0.05, 0.1) is 13.2 Å². The summed E-state index contributed by atoms with van der Waals surface area (Å²) in [6.07, 6.45) is 1.21. The van der Waals surface area contributed by atoms with Crippen molar-refractivity contribution in [1.29, 1.82) is 0 Å².